The van der Waals surface area contributed by atoms with Crippen LogP contribution in [0.25, 0.3) is 10.9 Å². The third-order valence-corrected chi connectivity index (χ3v) is 5.98. The molecule has 27 heavy (non-hydrogen) atoms. The average Bonchev–Trinajstić information content (AvgIpc) is 3.21. The number of ketones is 1. The number of carbonyl (C=O) groups excluding carboxylic acids is 1. The number of hydrogen-bond donors (Lipinski definition) is 0. The standard InChI is InChI=1S/C24H24N2O/c27-24-21(17-26-22-9-5-4-8-20(22)15-23(24)26)14-18-10-12-25(13-11-18)16-19-6-2-1-3-7-19/h1-9,14-15,18H,10-13,16-17H2/b21-14-. The highest BCUT2D eigenvalue weighted by molar-refractivity contribution is 6.12. The maximum Gasteiger partial charge on any atom is 0.206 e. The van der Waals surface area contributed by atoms with Gasteiger partial charge in [-0.25, -0.2) is 0 Å². The number of Topliss-reactive ketones (excluding diaryl/α,β-unsaturated/α-hetero) is 1. The Kier molecular flexibility index (Phi) is 4.17. The van der Waals surface area contributed by atoms with Gasteiger partial charge >= 0.3 is 0 Å². The molecule has 0 radical (unpaired) electrons. The molecule has 2 aliphatic heterocycles. The number of aromatic nitrogens is 1. The van der Waals surface area contributed by atoms with Crippen LogP contribution in [-0.4, -0.2) is 28.3 Å². The Morgan fingerprint density at radius 1 is 0.963 bits per heavy atom. The highest BCUT2D eigenvalue weighted by Crippen LogP contribution is 2.31. The van der Waals surface area contributed by atoms with Gasteiger partial charge in [-0.1, -0.05) is 54.6 Å². The fourth-order valence-corrected chi connectivity index (χ4v) is 4.51. The van der Waals surface area contributed by atoms with Crippen molar-refractivity contribution in [2.45, 2.75) is 25.9 Å². The summed E-state index contributed by atoms with van der Waals surface area (Å²) in [4.78, 5) is 15.4. The van der Waals surface area contributed by atoms with Crippen molar-refractivity contribution in [3.63, 3.8) is 0 Å². The van der Waals surface area contributed by atoms with E-state index in [1.807, 2.05) is 18.2 Å². The van der Waals surface area contributed by atoms with E-state index in [4.69, 9.17) is 0 Å². The summed E-state index contributed by atoms with van der Waals surface area (Å²) in [6.07, 6.45) is 4.54. The van der Waals surface area contributed by atoms with Crippen molar-refractivity contribution in [1.82, 2.24) is 9.47 Å². The minimum Gasteiger partial charge on any atom is -0.333 e. The summed E-state index contributed by atoms with van der Waals surface area (Å²) in [6, 6.07) is 21.0. The van der Waals surface area contributed by atoms with Gasteiger partial charge in [-0.2, -0.15) is 0 Å². The third-order valence-electron chi connectivity index (χ3n) is 5.98. The lowest BCUT2D eigenvalue weighted by atomic mass is 9.93. The van der Waals surface area contributed by atoms with Crippen LogP contribution in [0.4, 0.5) is 0 Å². The van der Waals surface area contributed by atoms with Crippen LogP contribution in [0, 0.1) is 5.92 Å². The Morgan fingerprint density at radius 2 is 1.70 bits per heavy atom. The van der Waals surface area contributed by atoms with E-state index in [2.05, 4.69) is 58.0 Å². The quantitative estimate of drug-likeness (QED) is 0.637. The fourth-order valence-electron chi connectivity index (χ4n) is 4.51. The molecule has 0 spiro atoms. The molecule has 1 fully saturated rings. The molecule has 0 amide bonds. The lowest BCUT2D eigenvalue weighted by Crippen LogP contribution is -2.32. The molecular weight excluding hydrogens is 332 g/mol. The Labute approximate surface area is 159 Å². The van der Waals surface area contributed by atoms with Crippen molar-refractivity contribution in [3.8, 4) is 0 Å². The van der Waals surface area contributed by atoms with Gasteiger partial charge in [0.15, 0.2) is 0 Å². The van der Waals surface area contributed by atoms with Gasteiger partial charge in [-0.15, -0.1) is 0 Å². The zero-order valence-electron chi connectivity index (χ0n) is 15.5. The normalized spacial score (nSPS) is 19.9. The summed E-state index contributed by atoms with van der Waals surface area (Å²) in [5.74, 6) is 0.741. The predicted molar refractivity (Wildman–Crippen MR) is 109 cm³/mol. The van der Waals surface area contributed by atoms with Gasteiger partial charge in [-0.3, -0.25) is 9.69 Å². The van der Waals surface area contributed by atoms with Gasteiger partial charge in [0.2, 0.25) is 5.78 Å². The average molecular weight is 356 g/mol. The molecule has 1 saturated heterocycles. The van der Waals surface area contributed by atoms with Crippen molar-refractivity contribution in [1.29, 1.82) is 0 Å². The Hall–Kier alpha value is -2.65. The number of carbonyl (C=O) groups is 1. The van der Waals surface area contributed by atoms with E-state index in [-0.39, 0.29) is 5.78 Å². The minimum absolute atomic E-state index is 0.220. The summed E-state index contributed by atoms with van der Waals surface area (Å²) < 4.78 is 2.17. The van der Waals surface area contributed by atoms with Crippen molar-refractivity contribution in [3.05, 3.63) is 83.6 Å². The number of nitrogens with zero attached hydrogens (tertiary/aromatic N) is 2. The molecule has 136 valence electrons. The summed E-state index contributed by atoms with van der Waals surface area (Å²) in [5, 5.41) is 1.16. The van der Waals surface area contributed by atoms with Crippen LogP contribution in [0.3, 0.4) is 0 Å². The molecule has 1 aromatic heterocycles. The van der Waals surface area contributed by atoms with Crippen LogP contribution in [0.1, 0.15) is 28.9 Å². The van der Waals surface area contributed by atoms with E-state index < -0.39 is 0 Å². The molecule has 3 heteroatoms. The largest absolute Gasteiger partial charge is 0.333 e. The first kappa shape index (κ1) is 16.5. The van der Waals surface area contributed by atoms with E-state index in [0.29, 0.717) is 5.92 Å². The SMILES string of the molecule is O=C1/C(=C\C2CCN(Cc3ccccc3)CC2)Cn2c1cc1ccccc12. The summed E-state index contributed by atoms with van der Waals surface area (Å²) in [7, 11) is 0. The van der Waals surface area contributed by atoms with Crippen molar-refractivity contribution in [2.75, 3.05) is 13.1 Å². The smallest absolute Gasteiger partial charge is 0.206 e. The van der Waals surface area contributed by atoms with E-state index >= 15 is 0 Å². The Morgan fingerprint density at radius 3 is 2.52 bits per heavy atom. The highest BCUT2D eigenvalue weighted by atomic mass is 16.1. The molecule has 3 nitrogen and oxygen atoms in total. The number of para-hydroxylation sites is 1. The van der Waals surface area contributed by atoms with Gasteiger partial charge in [0, 0.05) is 23.0 Å². The molecule has 0 aliphatic carbocycles. The van der Waals surface area contributed by atoms with Crippen LogP contribution in [0.5, 0.6) is 0 Å². The Balaban J connectivity index is 1.26. The van der Waals surface area contributed by atoms with Crippen LogP contribution in [0.15, 0.2) is 72.3 Å². The van der Waals surface area contributed by atoms with Crippen molar-refractivity contribution >= 4 is 16.7 Å². The van der Waals surface area contributed by atoms with Crippen LogP contribution < -0.4 is 0 Å². The van der Waals surface area contributed by atoms with Crippen molar-refractivity contribution < 1.29 is 4.79 Å². The summed E-state index contributed by atoms with van der Waals surface area (Å²) in [6.45, 7) is 3.96. The van der Waals surface area contributed by atoms with Crippen LogP contribution >= 0.6 is 0 Å². The maximum absolute atomic E-state index is 12.8. The maximum atomic E-state index is 12.8. The second-order valence-corrected chi connectivity index (χ2v) is 7.79. The molecule has 2 aromatic carbocycles. The van der Waals surface area contributed by atoms with Crippen molar-refractivity contribution in [2.24, 2.45) is 5.92 Å². The fraction of sp³-hybridized carbons (Fsp3) is 0.292. The van der Waals surface area contributed by atoms with Gasteiger partial charge < -0.3 is 4.57 Å². The zero-order chi connectivity index (χ0) is 18.2. The molecule has 5 rings (SSSR count). The number of likely N-dealkylation sites (tertiary alicyclic amines) is 1. The molecule has 0 unspecified atom stereocenters. The minimum atomic E-state index is 0.220. The van der Waals surface area contributed by atoms with E-state index in [0.717, 1.165) is 55.7 Å². The second kappa shape index (κ2) is 6.82. The first-order chi connectivity index (χ1) is 13.3. The predicted octanol–water partition coefficient (Wildman–Crippen LogP) is 4.68. The van der Waals surface area contributed by atoms with Crippen LogP contribution in [0.2, 0.25) is 0 Å². The summed E-state index contributed by atoms with van der Waals surface area (Å²) in [5.41, 5.74) is 4.38. The van der Waals surface area contributed by atoms with Gasteiger partial charge in [-0.05, 0) is 49.5 Å². The van der Waals surface area contributed by atoms with E-state index in [1.54, 1.807) is 0 Å². The second-order valence-electron chi connectivity index (χ2n) is 7.79. The number of rotatable bonds is 3. The van der Waals surface area contributed by atoms with Gasteiger partial charge in [0.25, 0.3) is 0 Å². The number of fused-ring (bicyclic) bond motifs is 3. The molecule has 0 N–H and O–H groups in total. The monoisotopic (exact) mass is 356 g/mol. The highest BCUT2D eigenvalue weighted by Gasteiger charge is 2.28. The van der Waals surface area contributed by atoms with Gasteiger partial charge in [0.05, 0.1) is 12.2 Å². The number of allylic oxidation sites excluding steroid dienone is 2. The lowest BCUT2D eigenvalue weighted by molar-refractivity contribution is 0.103. The molecule has 3 aromatic rings. The first-order valence-corrected chi connectivity index (χ1v) is 9.88. The molecule has 2 aliphatic rings. The lowest BCUT2D eigenvalue weighted by Gasteiger charge is -2.30. The summed E-state index contributed by atoms with van der Waals surface area (Å²) >= 11 is 0. The molecule has 0 bridgehead atoms. The number of hydrogen-bond acceptors (Lipinski definition) is 2. The third kappa shape index (κ3) is 3.13. The van der Waals surface area contributed by atoms with Crippen LogP contribution in [-0.2, 0) is 13.1 Å². The van der Waals surface area contributed by atoms with E-state index in [1.165, 1.54) is 11.1 Å². The Bertz CT molecular complexity index is 1010. The topological polar surface area (TPSA) is 25.2 Å². The first-order valence-electron chi connectivity index (χ1n) is 9.88. The molecule has 0 atom stereocenters. The molecular formula is C24H24N2O. The molecule has 3 heterocycles. The van der Waals surface area contributed by atoms with E-state index in [9.17, 15) is 4.79 Å². The van der Waals surface area contributed by atoms with Gasteiger partial charge in [0.1, 0.15) is 0 Å². The number of benzene rings is 2. The molecule has 0 saturated carbocycles. The zero-order valence-corrected chi connectivity index (χ0v) is 15.5. The number of piperidine rings is 1.